The Labute approximate surface area is 133 Å². The average Bonchev–Trinajstić information content (AvgIpc) is 2.62. The third-order valence-electron chi connectivity index (χ3n) is 5.34. The SMILES string of the molecule is c1ccc(CN[C@@H]2C3CCN(CC3)[C@@H]2c2ccccc2)cc1. The first kappa shape index (κ1) is 14.0. The van der Waals surface area contributed by atoms with E-state index in [0.717, 1.165) is 12.5 Å². The summed E-state index contributed by atoms with van der Waals surface area (Å²) >= 11 is 0. The molecular formula is C20H24N2. The van der Waals surface area contributed by atoms with Gasteiger partial charge in [0.05, 0.1) is 6.04 Å². The van der Waals surface area contributed by atoms with Crippen molar-refractivity contribution in [2.45, 2.75) is 31.5 Å². The van der Waals surface area contributed by atoms with Crippen molar-refractivity contribution in [1.29, 1.82) is 0 Å². The first-order valence-corrected chi connectivity index (χ1v) is 8.48. The quantitative estimate of drug-likeness (QED) is 0.926. The predicted octanol–water partition coefficient (Wildman–Crippen LogP) is 3.61. The smallest absolute Gasteiger partial charge is 0.0504 e. The molecule has 3 aliphatic rings. The fourth-order valence-electron chi connectivity index (χ4n) is 4.22. The summed E-state index contributed by atoms with van der Waals surface area (Å²) in [6.45, 7) is 3.49. The van der Waals surface area contributed by atoms with E-state index in [0.29, 0.717) is 12.1 Å². The number of rotatable bonds is 4. The van der Waals surface area contributed by atoms with Crippen molar-refractivity contribution in [2.24, 2.45) is 5.92 Å². The zero-order valence-electron chi connectivity index (χ0n) is 13.0. The Morgan fingerprint density at radius 2 is 1.50 bits per heavy atom. The summed E-state index contributed by atoms with van der Waals surface area (Å²) in [5, 5.41) is 3.88. The fraction of sp³-hybridized carbons (Fsp3) is 0.400. The van der Waals surface area contributed by atoms with E-state index < -0.39 is 0 Å². The highest BCUT2D eigenvalue weighted by molar-refractivity contribution is 5.24. The molecule has 3 heterocycles. The molecule has 0 saturated carbocycles. The maximum Gasteiger partial charge on any atom is 0.0504 e. The lowest BCUT2D eigenvalue weighted by atomic mass is 9.76. The van der Waals surface area contributed by atoms with Crippen molar-refractivity contribution < 1.29 is 0 Å². The number of hydrogen-bond acceptors (Lipinski definition) is 2. The van der Waals surface area contributed by atoms with Crippen LogP contribution in [-0.4, -0.2) is 24.0 Å². The molecule has 3 fully saturated rings. The van der Waals surface area contributed by atoms with Crippen LogP contribution in [0, 0.1) is 5.92 Å². The zero-order valence-corrected chi connectivity index (χ0v) is 13.0. The number of piperidine rings is 3. The Balaban J connectivity index is 1.55. The van der Waals surface area contributed by atoms with Crippen LogP contribution in [0.1, 0.15) is 30.0 Å². The van der Waals surface area contributed by atoms with Gasteiger partial charge in [-0.05, 0) is 43.0 Å². The van der Waals surface area contributed by atoms with Crippen molar-refractivity contribution in [2.75, 3.05) is 13.1 Å². The van der Waals surface area contributed by atoms with Crippen LogP contribution >= 0.6 is 0 Å². The van der Waals surface area contributed by atoms with Crippen LogP contribution in [0.25, 0.3) is 0 Å². The lowest BCUT2D eigenvalue weighted by Gasteiger charge is -2.51. The van der Waals surface area contributed by atoms with Crippen LogP contribution < -0.4 is 5.32 Å². The Morgan fingerprint density at radius 1 is 0.864 bits per heavy atom. The monoisotopic (exact) mass is 292 g/mol. The van der Waals surface area contributed by atoms with Crippen LogP contribution in [0.5, 0.6) is 0 Å². The minimum Gasteiger partial charge on any atom is -0.308 e. The maximum atomic E-state index is 3.88. The summed E-state index contributed by atoms with van der Waals surface area (Å²) < 4.78 is 0. The maximum absolute atomic E-state index is 3.88. The van der Waals surface area contributed by atoms with Gasteiger partial charge >= 0.3 is 0 Å². The number of fused-ring (bicyclic) bond motifs is 3. The van der Waals surface area contributed by atoms with Gasteiger partial charge < -0.3 is 5.32 Å². The molecule has 2 aromatic carbocycles. The van der Waals surface area contributed by atoms with Gasteiger partial charge in [0.15, 0.2) is 0 Å². The summed E-state index contributed by atoms with van der Waals surface area (Å²) in [6, 6.07) is 22.9. The Hall–Kier alpha value is -1.64. The van der Waals surface area contributed by atoms with E-state index in [1.165, 1.54) is 37.1 Å². The summed E-state index contributed by atoms with van der Waals surface area (Å²) in [5.74, 6) is 0.818. The first-order chi connectivity index (χ1) is 10.9. The van der Waals surface area contributed by atoms with Gasteiger partial charge in [0.2, 0.25) is 0 Å². The van der Waals surface area contributed by atoms with E-state index in [2.05, 4.69) is 70.9 Å². The lowest BCUT2D eigenvalue weighted by Crippen LogP contribution is -2.57. The molecule has 3 saturated heterocycles. The minimum atomic E-state index is 0.539. The molecule has 114 valence electrons. The molecule has 0 aromatic heterocycles. The molecule has 22 heavy (non-hydrogen) atoms. The number of nitrogens with one attached hydrogen (secondary N) is 1. The van der Waals surface area contributed by atoms with Crippen LogP contribution in [0.2, 0.25) is 0 Å². The molecular weight excluding hydrogens is 268 g/mol. The van der Waals surface area contributed by atoms with Crippen molar-refractivity contribution in [3.63, 3.8) is 0 Å². The van der Waals surface area contributed by atoms with Crippen LogP contribution in [0.3, 0.4) is 0 Å². The van der Waals surface area contributed by atoms with Gasteiger partial charge in [0.1, 0.15) is 0 Å². The molecule has 0 spiro atoms. The number of benzene rings is 2. The highest BCUT2D eigenvalue weighted by atomic mass is 15.2. The van der Waals surface area contributed by atoms with Gasteiger partial charge in [-0.1, -0.05) is 60.7 Å². The molecule has 2 bridgehead atoms. The molecule has 2 nitrogen and oxygen atoms in total. The summed E-state index contributed by atoms with van der Waals surface area (Å²) in [6.07, 6.45) is 2.69. The lowest BCUT2D eigenvalue weighted by molar-refractivity contribution is 0.0112. The van der Waals surface area contributed by atoms with Crippen LogP contribution in [0.15, 0.2) is 60.7 Å². The van der Waals surface area contributed by atoms with E-state index in [9.17, 15) is 0 Å². The third-order valence-corrected chi connectivity index (χ3v) is 5.34. The van der Waals surface area contributed by atoms with Gasteiger partial charge in [-0.3, -0.25) is 4.90 Å². The fourth-order valence-corrected chi connectivity index (χ4v) is 4.22. The van der Waals surface area contributed by atoms with E-state index >= 15 is 0 Å². The molecule has 1 N–H and O–H groups in total. The second kappa shape index (κ2) is 6.23. The largest absolute Gasteiger partial charge is 0.308 e. The zero-order chi connectivity index (χ0) is 14.8. The molecule has 0 aliphatic carbocycles. The van der Waals surface area contributed by atoms with E-state index in [1.807, 2.05) is 0 Å². The van der Waals surface area contributed by atoms with Gasteiger partial charge in [0.25, 0.3) is 0 Å². The number of hydrogen-bond donors (Lipinski definition) is 1. The Morgan fingerprint density at radius 3 is 2.18 bits per heavy atom. The van der Waals surface area contributed by atoms with Crippen LogP contribution in [0.4, 0.5) is 0 Å². The third kappa shape index (κ3) is 2.69. The Kier molecular flexibility index (Phi) is 3.96. The highest BCUT2D eigenvalue weighted by Crippen LogP contribution is 2.40. The van der Waals surface area contributed by atoms with Crippen molar-refractivity contribution in [1.82, 2.24) is 10.2 Å². The first-order valence-electron chi connectivity index (χ1n) is 8.48. The van der Waals surface area contributed by atoms with Crippen molar-refractivity contribution in [3.8, 4) is 0 Å². The average molecular weight is 292 g/mol. The molecule has 3 aliphatic heterocycles. The normalized spacial score (nSPS) is 30.4. The van der Waals surface area contributed by atoms with Crippen molar-refractivity contribution >= 4 is 0 Å². The number of nitrogens with zero attached hydrogens (tertiary/aromatic N) is 1. The highest BCUT2D eigenvalue weighted by Gasteiger charge is 2.42. The summed E-state index contributed by atoms with van der Waals surface area (Å²) in [7, 11) is 0. The molecule has 2 aromatic rings. The molecule has 2 atom stereocenters. The summed E-state index contributed by atoms with van der Waals surface area (Å²) in [4.78, 5) is 2.68. The van der Waals surface area contributed by atoms with Gasteiger partial charge in [0, 0.05) is 12.6 Å². The molecule has 2 heteroatoms. The van der Waals surface area contributed by atoms with Gasteiger partial charge in [-0.25, -0.2) is 0 Å². The second-order valence-electron chi connectivity index (χ2n) is 6.62. The van der Waals surface area contributed by atoms with Crippen LogP contribution in [-0.2, 0) is 6.54 Å². The van der Waals surface area contributed by atoms with E-state index in [1.54, 1.807) is 0 Å². The minimum absolute atomic E-state index is 0.539. The molecule has 0 unspecified atom stereocenters. The standard InChI is InChI=1S/C20H24N2/c1-3-7-16(8-4-1)15-21-19-17-11-13-22(14-12-17)20(19)18-9-5-2-6-10-18/h1-10,17,19-21H,11-15H2/t19-,20-/m1/s1. The summed E-state index contributed by atoms with van der Waals surface area (Å²) in [5.41, 5.74) is 2.85. The predicted molar refractivity (Wildman–Crippen MR) is 90.5 cm³/mol. The van der Waals surface area contributed by atoms with Gasteiger partial charge in [-0.15, -0.1) is 0 Å². The second-order valence-corrected chi connectivity index (χ2v) is 6.62. The van der Waals surface area contributed by atoms with Crippen molar-refractivity contribution in [3.05, 3.63) is 71.8 Å². The Bertz CT molecular complexity index is 588. The molecule has 0 radical (unpaired) electrons. The van der Waals surface area contributed by atoms with Gasteiger partial charge in [-0.2, -0.15) is 0 Å². The van der Waals surface area contributed by atoms with E-state index in [4.69, 9.17) is 0 Å². The molecule has 0 amide bonds. The van der Waals surface area contributed by atoms with E-state index in [-0.39, 0.29) is 0 Å². The molecule has 5 rings (SSSR count). The topological polar surface area (TPSA) is 15.3 Å².